The number of amides is 2. The average molecular weight is 553 g/mol. The third-order valence-corrected chi connectivity index (χ3v) is 7.31. The van der Waals surface area contributed by atoms with Crippen LogP contribution in [-0.2, 0) is 15.7 Å². The predicted molar refractivity (Wildman–Crippen MR) is 134 cm³/mol. The number of nitrogens with one attached hydrogen (secondary N) is 2. The molecule has 0 radical (unpaired) electrons. The zero-order valence-electron chi connectivity index (χ0n) is 21.7. The van der Waals surface area contributed by atoms with Gasteiger partial charge in [-0.1, -0.05) is 13.0 Å². The van der Waals surface area contributed by atoms with Crippen molar-refractivity contribution in [3.63, 3.8) is 0 Å². The molecule has 1 unspecified atom stereocenters. The van der Waals surface area contributed by atoms with Crippen LogP contribution in [0.1, 0.15) is 59.4 Å². The summed E-state index contributed by atoms with van der Waals surface area (Å²) in [5.41, 5.74) is 0.163. The van der Waals surface area contributed by atoms with Gasteiger partial charge in [-0.3, -0.25) is 14.6 Å². The standard InChI is InChI=1S/C27H32F4N4O4/c1-3-18-5-7-23(35(18)26(38)20-10-15(2)33-12-22(20)32-8-9-36)25(37)34-24(16-13-39-14-16)19-6-4-17(11-21(19)28)27(29,30)31/h4,6,10-12,16,18,23-24,32,36H,3,5,7-9,13-14H2,1-2H3,(H,34,37)/t18-,23-,24?/m1/s1. The number of aryl methyl sites for hydroxylation is 1. The van der Waals surface area contributed by atoms with Gasteiger partial charge in [0.2, 0.25) is 5.91 Å². The summed E-state index contributed by atoms with van der Waals surface area (Å²) in [6.07, 6.45) is -1.64. The molecule has 212 valence electrons. The molecule has 2 amide bonds. The number of likely N-dealkylation sites (tertiary alicyclic amines) is 1. The summed E-state index contributed by atoms with van der Waals surface area (Å²) in [7, 11) is 0. The SMILES string of the molecule is CC[C@@H]1CC[C@H](C(=O)NC(c2ccc(C(F)(F)F)cc2F)C2COC2)N1C(=O)c1cc(C)ncc1NCCO. The molecule has 3 atom stereocenters. The number of aliphatic hydroxyl groups is 1. The van der Waals surface area contributed by atoms with Gasteiger partial charge < -0.3 is 25.4 Å². The van der Waals surface area contributed by atoms with Gasteiger partial charge in [0.15, 0.2) is 0 Å². The highest BCUT2D eigenvalue weighted by Crippen LogP contribution is 2.36. The Hall–Kier alpha value is -3.25. The predicted octanol–water partition coefficient (Wildman–Crippen LogP) is 3.84. The molecule has 3 N–H and O–H groups in total. The minimum Gasteiger partial charge on any atom is -0.395 e. The highest BCUT2D eigenvalue weighted by atomic mass is 19.4. The summed E-state index contributed by atoms with van der Waals surface area (Å²) >= 11 is 0. The Balaban J connectivity index is 1.61. The van der Waals surface area contributed by atoms with E-state index in [9.17, 15) is 32.3 Å². The van der Waals surface area contributed by atoms with E-state index >= 15 is 0 Å². The van der Waals surface area contributed by atoms with Gasteiger partial charge in [-0.2, -0.15) is 13.2 Å². The van der Waals surface area contributed by atoms with Crippen LogP contribution in [0.15, 0.2) is 30.5 Å². The number of hydrogen-bond acceptors (Lipinski definition) is 6. The van der Waals surface area contributed by atoms with E-state index in [2.05, 4.69) is 15.6 Å². The van der Waals surface area contributed by atoms with E-state index < -0.39 is 35.5 Å². The molecule has 2 aromatic rings. The summed E-state index contributed by atoms with van der Waals surface area (Å²) in [5.74, 6) is -2.29. The second-order valence-corrected chi connectivity index (χ2v) is 9.91. The number of benzene rings is 1. The number of ether oxygens (including phenoxy) is 1. The van der Waals surface area contributed by atoms with Gasteiger partial charge in [-0.05, 0) is 44.4 Å². The second-order valence-electron chi connectivity index (χ2n) is 9.91. The number of pyridine rings is 1. The molecule has 0 spiro atoms. The Morgan fingerprint density at radius 1 is 1.23 bits per heavy atom. The summed E-state index contributed by atoms with van der Waals surface area (Å²) < 4.78 is 59.4. The van der Waals surface area contributed by atoms with E-state index in [0.29, 0.717) is 42.3 Å². The number of hydrogen-bond donors (Lipinski definition) is 3. The Bertz CT molecular complexity index is 1200. The molecular weight excluding hydrogens is 520 g/mol. The first-order valence-electron chi connectivity index (χ1n) is 12.9. The van der Waals surface area contributed by atoms with Gasteiger partial charge in [0.05, 0.1) is 48.9 Å². The molecule has 3 heterocycles. The number of anilines is 1. The number of carbonyl (C=O) groups excluding carboxylic acids is 2. The van der Waals surface area contributed by atoms with Crippen molar-refractivity contribution < 1.29 is 37.0 Å². The van der Waals surface area contributed by atoms with Gasteiger partial charge in [-0.25, -0.2) is 4.39 Å². The molecule has 1 aromatic heterocycles. The second kappa shape index (κ2) is 11.9. The number of halogens is 4. The van der Waals surface area contributed by atoms with Crippen molar-refractivity contribution in [2.24, 2.45) is 5.92 Å². The minimum absolute atomic E-state index is 0.0622. The Labute approximate surface area is 223 Å². The van der Waals surface area contributed by atoms with Crippen molar-refractivity contribution in [3.05, 3.63) is 58.7 Å². The maximum absolute atomic E-state index is 14.9. The molecule has 12 heteroatoms. The Kier molecular flexibility index (Phi) is 8.75. The first-order valence-corrected chi connectivity index (χ1v) is 12.9. The zero-order valence-corrected chi connectivity index (χ0v) is 21.7. The number of aliphatic hydroxyl groups excluding tert-OH is 1. The highest BCUT2D eigenvalue weighted by Gasteiger charge is 2.43. The van der Waals surface area contributed by atoms with E-state index in [1.54, 1.807) is 13.0 Å². The molecule has 2 saturated heterocycles. The van der Waals surface area contributed by atoms with Crippen molar-refractivity contribution in [3.8, 4) is 0 Å². The monoisotopic (exact) mass is 552 g/mol. The van der Waals surface area contributed by atoms with Crippen molar-refractivity contribution in [1.29, 1.82) is 0 Å². The molecule has 0 saturated carbocycles. The maximum Gasteiger partial charge on any atom is 0.416 e. The van der Waals surface area contributed by atoms with Crippen LogP contribution in [-0.4, -0.2) is 65.3 Å². The van der Waals surface area contributed by atoms with Crippen molar-refractivity contribution in [2.75, 3.05) is 31.7 Å². The first-order chi connectivity index (χ1) is 18.5. The molecule has 8 nitrogen and oxygen atoms in total. The number of rotatable bonds is 9. The van der Waals surface area contributed by atoms with Crippen molar-refractivity contribution in [1.82, 2.24) is 15.2 Å². The van der Waals surface area contributed by atoms with Crippen LogP contribution < -0.4 is 10.6 Å². The quantitative estimate of drug-likeness (QED) is 0.409. The van der Waals surface area contributed by atoms with Crippen LogP contribution in [0.4, 0.5) is 23.2 Å². The molecule has 0 bridgehead atoms. The lowest BCUT2D eigenvalue weighted by molar-refractivity contribution is -0.138. The number of nitrogens with zero attached hydrogens (tertiary/aromatic N) is 2. The molecule has 2 aliphatic heterocycles. The van der Waals surface area contributed by atoms with E-state index in [-0.39, 0.29) is 49.8 Å². The van der Waals surface area contributed by atoms with Crippen LogP contribution >= 0.6 is 0 Å². The van der Waals surface area contributed by atoms with Crippen LogP contribution in [0.5, 0.6) is 0 Å². The molecule has 2 aliphatic rings. The smallest absolute Gasteiger partial charge is 0.395 e. The molecule has 1 aromatic carbocycles. The summed E-state index contributed by atoms with van der Waals surface area (Å²) in [5, 5.41) is 15.0. The van der Waals surface area contributed by atoms with Gasteiger partial charge in [-0.15, -0.1) is 0 Å². The van der Waals surface area contributed by atoms with Crippen LogP contribution in [0.2, 0.25) is 0 Å². The fourth-order valence-corrected chi connectivity index (χ4v) is 5.16. The average Bonchev–Trinajstić information content (AvgIpc) is 3.30. The van der Waals surface area contributed by atoms with Crippen molar-refractivity contribution >= 4 is 17.5 Å². The minimum atomic E-state index is -4.70. The molecule has 39 heavy (non-hydrogen) atoms. The molecular formula is C27H32F4N4O4. The lowest BCUT2D eigenvalue weighted by Gasteiger charge is -2.36. The number of aromatic nitrogens is 1. The van der Waals surface area contributed by atoms with E-state index in [1.807, 2.05) is 6.92 Å². The van der Waals surface area contributed by atoms with E-state index in [0.717, 1.165) is 12.1 Å². The highest BCUT2D eigenvalue weighted by molar-refractivity contribution is 6.02. The largest absolute Gasteiger partial charge is 0.416 e. The number of alkyl halides is 3. The first kappa shape index (κ1) is 28.8. The molecule has 4 rings (SSSR count). The third kappa shape index (κ3) is 6.17. The summed E-state index contributed by atoms with van der Waals surface area (Å²) in [6, 6.07) is 1.89. The Morgan fingerprint density at radius 2 is 1.97 bits per heavy atom. The van der Waals surface area contributed by atoms with Gasteiger partial charge in [0.1, 0.15) is 11.9 Å². The normalized spacial score (nSPS) is 20.4. The van der Waals surface area contributed by atoms with Crippen LogP contribution in [0.25, 0.3) is 0 Å². The Morgan fingerprint density at radius 3 is 2.56 bits per heavy atom. The summed E-state index contributed by atoms with van der Waals surface area (Å²) in [4.78, 5) is 33.2. The molecule has 0 aliphatic carbocycles. The summed E-state index contributed by atoms with van der Waals surface area (Å²) in [6.45, 7) is 4.14. The van der Waals surface area contributed by atoms with Gasteiger partial charge in [0, 0.05) is 29.8 Å². The third-order valence-electron chi connectivity index (χ3n) is 7.31. The molecule has 2 fully saturated rings. The zero-order chi connectivity index (χ0) is 28.3. The fourth-order valence-electron chi connectivity index (χ4n) is 5.16. The lowest BCUT2D eigenvalue weighted by Crippen LogP contribution is -2.52. The van der Waals surface area contributed by atoms with Gasteiger partial charge >= 0.3 is 6.18 Å². The lowest BCUT2D eigenvalue weighted by atomic mass is 9.90. The van der Waals surface area contributed by atoms with Crippen LogP contribution in [0.3, 0.4) is 0 Å². The fraction of sp³-hybridized carbons (Fsp3) is 0.519. The van der Waals surface area contributed by atoms with E-state index in [4.69, 9.17) is 4.74 Å². The van der Waals surface area contributed by atoms with Crippen LogP contribution in [0, 0.1) is 18.7 Å². The van der Waals surface area contributed by atoms with E-state index in [1.165, 1.54) is 11.1 Å². The van der Waals surface area contributed by atoms with Crippen molar-refractivity contribution in [2.45, 2.75) is 57.4 Å². The maximum atomic E-state index is 14.9. The van der Waals surface area contributed by atoms with Gasteiger partial charge in [0.25, 0.3) is 5.91 Å². The number of carbonyl (C=O) groups is 2. The topological polar surface area (TPSA) is 104 Å².